The van der Waals surface area contributed by atoms with Gasteiger partial charge in [-0.2, -0.15) is 0 Å². The fourth-order valence-corrected chi connectivity index (χ4v) is 6.97. The number of hydrogen-bond donors (Lipinski definition) is 1. The second-order valence-electron chi connectivity index (χ2n) is 8.18. The maximum absolute atomic E-state index is 12.9. The minimum absolute atomic E-state index is 0.0476. The van der Waals surface area contributed by atoms with Gasteiger partial charge in [0.1, 0.15) is 0 Å². The highest BCUT2D eigenvalue weighted by Crippen LogP contribution is 2.42. The molecular weight excluding hydrogens is 434 g/mol. The fourth-order valence-electron chi connectivity index (χ4n) is 4.35. The quantitative estimate of drug-likeness (QED) is 0.545. The summed E-state index contributed by atoms with van der Waals surface area (Å²) in [6, 6.07) is 8.25. The predicted octanol–water partition coefficient (Wildman–Crippen LogP) is 2.89. The number of carbonyl (C=O) groups is 1. The fraction of sp³-hybridized carbons (Fsp3) is 0.476. The molecule has 31 heavy (non-hydrogen) atoms. The van der Waals surface area contributed by atoms with Gasteiger partial charge in [-0.05, 0) is 32.3 Å². The summed E-state index contributed by atoms with van der Waals surface area (Å²) in [5.74, 6) is 1.24. The summed E-state index contributed by atoms with van der Waals surface area (Å²) < 4.78 is 25.8. The zero-order chi connectivity index (χ0) is 21.6. The van der Waals surface area contributed by atoms with Crippen LogP contribution in [0.3, 0.4) is 0 Å². The van der Waals surface area contributed by atoms with Crippen molar-refractivity contribution in [3.63, 3.8) is 0 Å². The number of aromatic nitrogens is 4. The van der Waals surface area contributed by atoms with Crippen molar-refractivity contribution in [3.8, 4) is 11.4 Å². The zero-order valence-electron chi connectivity index (χ0n) is 17.3. The van der Waals surface area contributed by atoms with Crippen molar-refractivity contribution >= 4 is 38.4 Å². The molecule has 0 unspecified atom stereocenters. The molecule has 164 valence electrons. The normalized spacial score (nSPS) is 20.4. The van der Waals surface area contributed by atoms with Crippen LogP contribution >= 0.6 is 11.8 Å². The number of amides is 1. The molecule has 2 fully saturated rings. The van der Waals surface area contributed by atoms with Crippen molar-refractivity contribution in [3.05, 3.63) is 30.5 Å². The first-order valence-electron chi connectivity index (χ1n) is 10.6. The number of nitrogens with zero attached hydrogens (tertiary/aromatic N) is 4. The molecule has 1 aromatic carbocycles. The number of rotatable bonds is 7. The third-order valence-electron chi connectivity index (χ3n) is 6.04. The van der Waals surface area contributed by atoms with Crippen LogP contribution < -0.4 is 0 Å². The molecule has 1 N–H and O–H groups in total. The van der Waals surface area contributed by atoms with Crippen LogP contribution in [-0.2, 0) is 14.6 Å². The van der Waals surface area contributed by atoms with Gasteiger partial charge in [0.05, 0.1) is 17.3 Å². The van der Waals surface area contributed by atoms with E-state index >= 15 is 0 Å². The molecule has 1 saturated carbocycles. The number of para-hydroxylation sites is 1. The second kappa shape index (κ2) is 7.98. The highest BCUT2D eigenvalue weighted by Gasteiger charge is 2.35. The summed E-state index contributed by atoms with van der Waals surface area (Å²) in [4.78, 5) is 17.9. The van der Waals surface area contributed by atoms with Crippen molar-refractivity contribution in [1.29, 1.82) is 0 Å². The van der Waals surface area contributed by atoms with Gasteiger partial charge in [-0.3, -0.25) is 9.36 Å². The van der Waals surface area contributed by atoms with Crippen LogP contribution in [0.5, 0.6) is 0 Å². The number of carbonyl (C=O) groups excluding carboxylic acids is 1. The number of aromatic amines is 1. The molecule has 1 atom stereocenters. The van der Waals surface area contributed by atoms with Gasteiger partial charge in [0.2, 0.25) is 5.91 Å². The third-order valence-corrected chi connectivity index (χ3v) is 8.72. The number of nitrogens with one attached hydrogen (secondary N) is 1. The van der Waals surface area contributed by atoms with E-state index in [2.05, 4.69) is 25.8 Å². The lowest BCUT2D eigenvalue weighted by atomic mass is 10.1. The Morgan fingerprint density at radius 1 is 1.26 bits per heavy atom. The molecule has 5 rings (SSSR count). The Bertz CT molecular complexity index is 1230. The van der Waals surface area contributed by atoms with Crippen molar-refractivity contribution in [1.82, 2.24) is 24.6 Å². The van der Waals surface area contributed by atoms with E-state index in [1.54, 1.807) is 4.90 Å². The summed E-state index contributed by atoms with van der Waals surface area (Å²) in [6.07, 6.45) is 4.65. The number of thioether (sulfide) groups is 1. The maximum atomic E-state index is 12.9. The monoisotopic (exact) mass is 459 g/mol. The van der Waals surface area contributed by atoms with Crippen molar-refractivity contribution in [2.45, 2.75) is 43.4 Å². The summed E-state index contributed by atoms with van der Waals surface area (Å²) >= 11 is 1.39. The van der Waals surface area contributed by atoms with E-state index in [-0.39, 0.29) is 29.2 Å². The van der Waals surface area contributed by atoms with Crippen LogP contribution in [0.15, 0.2) is 35.6 Å². The van der Waals surface area contributed by atoms with Gasteiger partial charge in [0.25, 0.3) is 0 Å². The summed E-state index contributed by atoms with van der Waals surface area (Å²) in [7, 11) is -3.03. The third kappa shape index (κ3) is 3.98. The number of fused-ring (bicyclic) bond motifs is 1. The molecule has 1 saturated heterocycles. The zero-order valence-corrected chi connectivity index (χ0v) is 19.0. The minimum atomic E-state index is -3.03. The van der Waals surface area contributed by atoms with Gasteiger partial charge in [-0.15, -0.1) is 10.2 Å². The molecule has 1 aliphatic heterocycles. The molecule has 10 heteroatoms. The van der Waals surface area contributed by atoms with Crippen molar-refractivity contribution in [2.75, 3.05) is 23.8 Å². The summed E-state index contributed by atoms with van der Waals surface area (Å²) in [5, 5.41) is 10.7. The lowest BCUT2D eigenvalue weighted by Crippen LogP contribution is -2.42. The Morgan fingerprint density at radius 3 is 2.77 bits per heavy atom. The van der Waals surface area contributed by atoms with Crippen molar-refractivity contribution in [2.24, 2.45) is 0 Å². The molecule has 8 nitrogen and oxygen atoms in total. The highest BCUT2D eigenvalue weighted by molar-refractivity contribution is 7.99. The van der Waals surface area contributed by atoms with Gasteiger partial charge >= 0.3 is 0 Å². The lowest BCUT2D eigenvalue weighted by molar-refractivity contribution is -0.129. The average Bonchev–Trinajstić information content (AvgIpc) is 3.20. The standard InChI is InChI=1S/C21H25N5O3S2/c1-2-25(15-9-10-31(28,29)13-15)19(27)12-30-21-24-23-20(26(21)14-7-8-14)17-11-22-18-6-4-3-5-16(17)18/h3-6,11,14-15,22H,2,7-10,12-13H2,1H3/t15-/m0/s1. The van der Waals surface area contributed by atoms with Crippen LogP contribution in [0.25, 0.3) is 22.3 Å². The molecule has 0 radical (unpaired) electrons. The van der Waals surface area contributed by atoms with Gasteiger partial charge in [-0.1, -0.05) is 30.0 Å². The first-order chi connectivity index (χ1) is 15.0. The van der Waals surface area contributed by atoms with Gasteiger partial charge in [0.15, 0.2) is 20.8 Å². The van der Waals surface area contributed by atoms with Crippen LogP contribution in [0, 0.1) is 0 Å². The average molecular weight is 460 g/mol. The Labute approximate surface area is 185 Å². The molecule has 1 aliphatic carbocycles. The smallest absolute Gasteiger partial charge is 0.233 e. The Morgan fingerprint density at radius 2 is 2.06 bits per heavy atom. The SMILES string of the molecule is CCN(C(=O)CSc1nnc(-c2c[nH]c3ccccc23)n1C1CC1)[C@H]1CCS(=O)(=O)C1. The molecule has 0 spiro atoms. The number of hydrogen-bond acceptors (Lipinski definition) is 6. The molecule has 3 aromatic rings. The molecule has 0 bridgehead atoms. The predicted molar refractivity (Wildman–Crippen MR) is 121 cm³/mol. The first kappa shape index (κ1) is 20.6. The molecule has 2 aliphatic rings. The Kier molecular flexibility index (Phi) is 5.29. The highest BCUT2D eigenvalue weighted by atomic mass is 32.2. The first-order valence-corrected chi connectivity index (χ1v) is 13.4. The van der Waals surface area contributed by atoms with Gasteiger partial charge < -0.3 is 9.88 Å². The van der Waals surface area contributed by atoms with Crippen molar-refractivity contribution < 1.29 is 13.2 Å². The Balaban J connectivity index is 1.36. The number of benzene rings is 1. The van der Waals surface area contributed by atoms with E-state index in [9.17, 15) is 13.2 Å². The van der Waals surface area contributed by atoms with Gasteiger partial charge in [0, 0.05) is 41.3 Å². The summed E-state index contributed by atoms with van der Waals surface area (Å²) in [5.41, 5.74) is 2.07. The largest absolute Gasteiger partial charge is 0.360 e. The van der Waals surface area contributed by atoms with E-state index in [0.29, 0.717) is 19.0 Å². The lowest BCUT2D eigenvalue weighted by Gasteiger charge is -2.26. The number of H-pyrrole nitrogens is 1. The van der Waals surface area contributed by atoms with Gasteiger partial charge in [-0.25, -0.2) is 8.42 Å². The van der Waals surface area contributed by atoms with Crippen LogP contribution in [0.1, 0.15) is 32.2 Å². The van der Waals surface area contributed by atoms with E-state index in [4.69, 9.17) is 0 Å². The maximum Gasteiger partial charge on any atom is 0.233 e. The topological polar surface area (TPSA) is 101 Å². The molecule has 3 heterocycles. The Hall–Kier alpha value is -2.33. The number of sulfone groups is 1. The van der Waals surface area contributed by atoms with Crippen LogP contribution in [0.4, 0.5) is 0 Å². The van der Waals surface area contributed by atoms with E-state index in [1.165, 1.54) is 11.8 Å². The van der Waals surface area contributed by atoms with E-state index in [0.717, 1.165) is 40.3 Å². The van der Waals surface area contributed by atoms with Crippen LogP contribution in [-0.4, -0.2) is 68.8 Å². The minimum Gasteiger partial charge on any atom is -0.360 e. The van der Waals surface area contributed by atoms with E-state index in [1.807, 2.05) is 31.3 Å². The second-order valence-corrected chi connectivity index (χ2v) is 11.4. The summed E-state index contributed by atoms with van der Waals surface area (Å²) in [6.45, 7) is 2.41. The van der Waals surface area contributed by atoms with Crippen LogP contribution in [0.2, 0.25) is 0 Å². The molecule has 2 aromatic heterocycles. The van der Waals surface area contributed by atoms with E-state index < -0.39 is 9.84 Å². The molecule has 1 amide bonds. The molecular formula is C21H25N5O3S2.